The lowest BCUT2D eigenvalue weighted by Gasteiger charge is -2.52. The molecule has 0 aromatic carbocycles. The fraction of sp³-hybridized carbons (Fsp3) is 0.500. The van der Waals surface area contributed by atoms with Gasteiger partial charge in [0.1, 0.15) is 23.9 Å². The van der Waals surface area contributed by atoms with Gasteiger partial charge in [-0.1, -0.05) is 19.6 Å². The number of thioether (sulfide) groups is 1. The van der Waals surface area contributed by atoms with Crippen LogP contribution in [-0.2, 0) is 23.9 Å². The maximum absolute atomic E-state index is 13.5. The van der Waals surface area contributed by atoms with Gasteiger partial charge in [0.2, 0.25) is 5.91 Å². The third kappa shape index (κ3) is 5.17. The molecule has 1 aromatic heterocycles. The number of hydrogen-bond donors (Lipinski definition) is 0. The number of amides is 2. The molecule has 1 aromatic rings. The molecule has 3 aliphatic rings. The average molecular weight is 519 g/mol. The summed E-state index contributed by atoms with van der Waals surface area (Å²) in [4.78, 5) is 49.2. The molecule has 11 heteroatoms. The smallest absolute Gasteiger partial charge is 0.357 e. The molecule has 0 spiro atoms. The first-order valence-corrected chi connectivity index (χ1v) is 13.6. The molecule has 9 nitrogen and oxygen atoms in total. The van der Waals surface area contributed by atoms with Crippen LogP contribution in [0, 0.1) is 0 Å². The van der Waals surface area contributed by atoms with Crippen LogP contribution in [0.5, 0.6) is 0 Å². The monoisotopic (exact) mass is 518 g/mol. The van der Waals surface area contributed by atoms with E-state index in [4.69, 9.17) is 14.5 Å². The van der Waals surface area contributed by atoms with Gasteiger partial charge in [-0.3, -0.25) is 19.4 Å². The second kappa shape index (κ2) is 11.4. The Morgan fingerprint density at radius 1 is 1.37 bits per heavy atom. The van der Waals surface area contributed by atoms with E-state index >= 15 is 0 Å². The van der Waals surface area contributed by atoms with Gasteiger partial charge in [-0.2, -0.15) is 0 Å². The quantitative estimate of drug-likeness (QED) is 0.172. The number of thiophene rings is 1. The zero-order valence-electron chi connectivity index (χ0n) is 20.0. The van der Waals surface area contributed by atoms with E-state index in [0.29, 0.717) is 29.7 Å². The minimum Gasteiger partial charge on any atom is -0.457 e. The van der Waals surface area contributed by atoms with E-state index in [-0.39, 0.29) is 24.1 Å². The number of ether oxygens (including phenoxy) is 2. The molecule has 35 heavy (non-hydrogen) atoms. The minimum absolute atomic E-state index is 0.0304. The number of rotatable bonds is 8. The van der Waals surface area contributed by atoms with Crippen molar-refractivity contribution in [3.63, 3.8) is 0 Å². The number of esters is 1. The van der Waals surface area contributed by atoms with Crippen LogP contribution >= 0.6 is 23.1 Å². The lowest BCUT2D eigenvalue weighted by atomic mass is 10.0. The molecule has 0 unspecified atom stereocenters. The van der Waals surface area contributed by atoms with E-state index < -0.39 is 17.4 Å². The predicted molar refractivity (Wildman–Crippen MR) is 137 cm³/mol. The highest BCUT2D eigenvalue weighted by molar-refractivity contribution is 8.00. The van der Waals surface area contributed by atoms with Crippen LogP contribution in [0.3, 0.4) is 0 Å². The standard InChI is InChI=1S/C24H30N4O5S2/c1-4-7-18(26-9-12-32-13-10-26)25-17-15-35-23-21(27(16(3)29)19-8-6-14-34-19)22(30)28(23)20(17)24(31)33-11-5-2/h5-6,8,14,21,23H,2,4,7,9-13,15H2,1,3H3/b25-18+/t21-,23-/m1/s1. The molecule has 2 saturated heterocycles. The first kappa shape index (κ1) is 25.5. The third-order valence-corrected chi connectivity index (χ3v) is 8.04. The Labute approximate surface area is 213 Å². The van der Waals surface area contributed by atoms with Gasteiger partial charge in [0.05, 0.1) is 23.9 Å². The molecular formula is C24H30N4O5S2. The molecule has 4 rings (SSSR count). The molecule has 0 bridgehead atoms. The van der Waals surface area contributed by atoms with Gasteiger partial charge in [-0.05, 0) is 23.9 Å². The van der Waals surface area contributed by atoms with Crippen molar-refractivity contribution in [3.05, 3.63) is 41.6 Å². The molecule has 2 atom stereocenters. The Morgan fingerprint density at radius 3 is 2.77 bits per heavy atom. The fourth-order valence-electron chi connectivity index (χ4n) is 4.35. The van der Waals surface area contributed by atoms with Gasteiger partial charge in [0, 0.05) is 32.2 Å². The summed E-state index contributed by atoms with van der Waals surface area (Å²) in [5.74, 6) is 0.174. The minimum atomic E-state index is -0.682. The van der Waals surface area contributed by atoms with Crippen molar-refractivity contribution in [3.8, 4) is 0 Å². The summed E-state index contributed by atoms with van der Waals surface area (Å²) in [7, 11) is 0. The number of fused-ring (bicyclic) bond motifs is 1. The van der Waals surface area contributed by atoms with Crippen LogP contribution in [-0.4, -0.2) is 83.5 Å². The summed E-state index contributed by atoms with van der Waals surface area (Å²) < 4.78 is 10.8. The SMILES string of the molecule is C=CCOC(=O)C1=C(/N=C(\CCC)N2CCOCC2)CS[C@@H]2[C@H](N(C(C)=O)c3cccs3)C(=O)N12. The number of aliphatic imine (C=N–C) groups is 1. The number of β-lactam (4-membered cyclic amide) rings is 1. The number of anilines is 1. The lowest BCUT2D eigenvalue weighted by molar-refractivity contribution is -0.151. The van der Waals surface area contributed by atoms with E-state index in [1.54, 1.807) is 0 Å². The molecule has 2 amide bonds. The van der Waals surface area contributed by atoms with Gasteiger partial charge >= 0.3 is 5.97 Å². The lowest BCUT2D eigenvalue weighted by Crippen LogP contribution is -2.71. The van der Waals surface area contributed by atoms with Crippen LogP contribution < -0.4 is 4.90 Å². The van der Waals surface area contributed by atoms with Gasteiger partial charge in [-0.15, -0.1) is 23.1 Å². The summed E-state index contributed by atoms with van der Waals surface area (Å²) in [5, 5.41) is 2.18. The van der Waals surface area contributed by atoms with Crippen LogP contribution in [0.15, 0.2) is 46.6 Å². The van der Waals surface area contributed by atoms with Crippen molar-refractivity contribution in [1.29, 1.82) is 0 Å². The Balaban J connectivity index is 1.70. The van der Waals surface area contributed by atoms with Crippen molar-refractivity contribution in [2.24, 2.45) is 4.99 Å². The second-order valence-electron chi connectivity index (χ2n) is 8.25. The molecule has 0 aliphatic carbocycles. The zero-order chi connectivity index (χ0) is 24.9. The van der Waals surface area contributed by atoms with Crippen LogP contribution in [0.4, 0.5) is 5.00 Å². The summed E-state index contributed by atoms with van der Waals surface area (Å²) in [6.45, 7) is 9.90. The normalized spacial score (nSPS) is 22.5. The average Bonchev–Trinajstić information content (AvgIpc) is 3.39. The van der Waals surface area contributed by atoms with Crippen molar-refractivity contribution < 1.29 is 23.9 Å². The van der Waals surface area contributed by atoms with Gasteiger partial charge in [0.15, 0.2) is 5.70 Å². The number of carbonyl (C=O) groups is 3. The maximum Gasteiger partial charge on any atom is 0.357 e. The second-order valence-corrected chi connectivity index (χ2v) is 10.3. The predicted octanol–water partition coefficient (Wildman–Crippen LogP) is 2.86. The van der Waals surface area contributed by atoms with E-state index in [1.807, 2.05) is 17.5 Å². The van der Waals surface area contributed by atoms with Gasteiger partial charge < -0.3 is 14.4 Å². The zero-order valence-corrected chi connectivity index (χ0v) is 21.6. The summed E-state index contributed by atoms with van der Waals surface area (Å²) in [6.07, 6.45) is 3.13. The summed E-state index contributed by atoms with van der Waals surface area (Å²) in [5.41, 5.74) is 0.681. The Kier molecular flexibility index (Phi) is 8.30. The molecule has 188 valence electrons. The molecule has 3 aliphatic heterocycles. The van der Waals surface area contributed by atoms with Crippen molar-refractivity contribution in [1.82, 2.24) is 9.80 Å². The molecule has 2 fully saturated rings. The maximum atomic E-state index is 13.5. The van der Waals surface area contributed by atoms with Crippen molar-refractivity contribution >= 4 is 51.7 Å². The fourth-order valence-corrected chi connectivity index (χ4v) is 6.46. The van der Waals surface area contributed by atoms with Crippen LogP contribution in [0.1, 0.15) is 26.7 Å². The van der Waals surface area contributed by atoms with Crippen molar-refractivity contribution in [2.45, 2.75) is 38.1 Å². The van der Waals surface area contributed by atoms with Crippen molar-refractivity contribution in [2.75, 3.05) is 43.6 Å². The Bertz CT molecular complexity index is 1030. The van der Waals surface area contributed by atoms with E-state index in [9.17, 15) is 14.4 Å². The molecule has 4 heterocycles. The number of nitrogens with zero attached hydrogens (tertiary/aromatic N) is 4. The topological polar surface area (TPSA) is 91.7 Å². The number of carbonyl (C=O) groups excluding carboxylic acids is 3. The highest BCUT2D eigenvalue weighted by atomic mass is 32.2. The number of amidine groups is 1. The largest absolute Gasteiger partial charge is 0.457 e. The number of morpholine rings is 1. The highest BCUT2D eigenvalue weighted by Gasteiger charge is 2.57. The highest BCUT2D eigenvalue weighted by Crippen LogP contribution is 2.44. The Morgan fingerprint density at radius 2 is 2.14 bits per heavy atom. The van der Waals surface area contributed by atoms with Crippen LogP contribution in [0.2, 0.25) is 0 Å². The Hall–Kier alpha value is -2.63. The number of hydrogen-bond acceptors (Lipinski definition) is 8. The van der Waals surface area contributed by atoms with Crippen LogP contribution in [0.25, 0.3) is 0 Å². The first-order valence-electron chi connectivity index (χ1n) is 11.7. The van der Waals surface area contributed by atoms with Gasteiger partial charge in [-0.25, -0.2) is 9.79 Å². The summed E-state index contributed by atoms with van der Waals surface area (Å²) >= 11 is 2.91. The first-order chi connectivity index (χ1) is 17.0. The molecule has 0 N–H and O–H groups in total. The van der Waals surface area contributed by atoms with E-state index in [2.05, 4.69) is 18.4 Å². The summed E-state index contributed by atoms with van der Waals surface area (Å²) in [6, 6.07) is 2.98. The van der Waals surface area contributed by atoms with E-state index in [1.165, 1.54) is 45.9 Å². The molecule has 0 saturated carbocycles. The molecular weight excluding hydrogens is 488 g/mol. The van der Waals surface area contributed by atoms with Gasteiger partial charge in [0.25, 0.3) is 5.91 Å². The third-order valence-electron chi connectivity index (χ3n) is 5.92. The molecule has 0 radical (unpaired) electrons. The van der Waals surface area contributed by atoms with E-state index in [0.717, 1.165) is 31.8 Å².